The maximum atomic E-state index is 13.1. The van der Waals surface area contributed by atoms with Crippen LogP contribution in [0.5, 0.6) is 11.5 Å². The van der Waals surface area contributed by atoms with E-state index in [2.05, 4.69) is 15.6 Å². The number of pyridine rings is 1. The maximum absolute atomic E-state index is 13.1. The topological polar surface area (TPSA) is 98.8 Å². The zero-order chi connectivity index (χ0) is 26.3. The standard InChI is InChI=1S/C28H33N3O5/c1-18-11-21(9-10-29-18)22-12-20(17-31-27(33)36-28(2,3)4)13-23(15-22)26(32)30-16-19-7-8-24(34-5)25(14-19)35-6/h7-15H,16-17H2,1-6H3,(H,30,32)(H,31,33). The molecule has 0 saturated heterocycles. The minimum atomic E-state index is -0.602. The van der Waals surface area contributed by atoms with E-state index in [1.54, 1.807) is 53.3 Å². The van der Waals surface area contributed by atoms with Crippen molar-refractivity contribution >= 4 is 12.0 Å². The molecule has 2 amide bonds. The number of hydrogen-bond acceptors (Lipinski definition) is 6. The van der Waals surface area contributed by atoms with Crippen molar-refractivity contribution in [1.82, 2.24) is 15.6 Å². The van der Waals surface area contributed by atoms with Crippen LogP contribution < -0.4 is 20.1 Å². The van der Waals surface area contributed by atoms with Crippen molar-refractivity contribution in [2.24, 2.45) is 0 Å². The Labute approximate surface area is 212 Å². The summed E-state index contributed by atoms with van der Waals surface area (Å²) in [7, 11) is 3.14. The number of amides is 2. The van der Waals surface area contributed by atoms with Crippen LogP contribution in [-0.4, -0.2) is 36.8 Å². The molecule has 8 heteroatoms. The molecule has 0 aliphatic carbocycles. The Balaban J connectivity index is 1.83. The molecule has 1 aromatic heterocycles. The van der Waals surface area contributed by atoms with Crippen molar-refractivity contribution in [3.8, 4) is 22.6 Å². The molecule has 0 spiro atoms. The van der Waals surface area contributed by atoms with Crippen LogP contribution in [0.3, 0.4) is 0 Å². The van der Waals surface area contributed by atoms with Crippen LogP contribution in [-0.2, 0) is 17.8 Å². The molecule has 8 nitrogen and oxygen atoms in total. The van der Waals surface area contributed by atoms with Gasteiger partial charge in [-0.3, -0.25) is 9.78 Å². The minimum absolute atomic E-state index is 0.211. The van der Waals surface area contributed by atoms with Gasteiger partial charge in [0, 0.05) is 30.5 Å². The number of ether oxygens (including phenoxy) is 3. The van der Waals surface area contributed by atoms with Gasteiger partial charge in [0.2, 0.25) is 0 Å². The number of nitrogens with zero attached hydrogens (tertiary/aromatic N) is 1. The highest BCUT2D eigenvalue weighted by atomic mass is 16.6. The van der Waals surface area contributed by atoms with Gasteiger partial charge in [-0.25, -0.2) is 4.79 Å². The summed E-state index contributed by atoms with van der Waals surface area (Å²) in [5.74, 6) is 0.973. The molecule has 0 aliphatic heterocycles. The summed E-state index contributed by atoms with van der Waals surface area (Å²) in [6, 6.07) is 14.9. The first-order chi connectivity index (χ1) is 17.1. The highest BCUT2D eigenvalue weighted by molar-refractivity contribution is 5.95. The average Bonchev–Trinajstić information content (AvgIpc) is 2.84. The molecule has 2 N–H and O–H groups in total. The van der Waals surface area contributed by atoms with Crippen molar-refractivity contribution < 1.29 is 23.8 Å². The Hall–Kier alpha value is -4.07. The summed E-state index contributed by atoms with van der Waals surface area (Å²) in [5, 5.41) is 5.72. The lowest BCUT2D eigenvalue weighted by molar-refractivity contribution is 0.0523. The molecular weight excluding hydrogens is 458 g/mol. The van der Waals surface area contributed by atoms with Crippen molar-refractivity contribution in [2.75, 3.05) is 14.2 Å². The molecule has 0 atom stereocenters. The average molecular weight is 492 g/mol. The molecule has 0 bridgehead atoms. The minimum Gasteiger partial charge on any atom is -0.493 e. The fourth-order valence-electron chi connectivity index (χ4n) is 3.58. The first kappa shape index (κ1) is 26.5. The monoisotopic (exact) mass is 491 g/mol. The van der Waals surface area contributed by atoms with Crippen molar-refractivity contribution in [2.45, 2.75) is 46.4 Å². The lowest BCUT2D eigenvalue weighted by atomic mass is 9.99. The number of carbonyl (C=O) groups excluding carboxylic acids is 2. The Morgan fingerprint density at radius 1 is 0.833 bits per heavy atom. The van der Waals surface area contributed by atoms with Gasteiger partial charge in [0.15, 0.2) is 11.5 Å². The van der Waals surface area contributed by atoms with Gasteiger partial charge in [0.05, 0.1) is 14.2 Å². The van der Waals surface area contributed by atoms with Gasteiger partial charge < -0.3 is 24.8 Å². The predicted octanol–water partition coefficient (Wildman–Crippen LogP) is 5.03. The summed E-state index contributed by atoms with van der Waals surface area (Å²) in [5.41, 5.74) is 4.15. The number of methoxy groups -OCH3 is 2. The zero-order valence-corrected chi connectivity index (χ0v) is 21.6. The van der Waals surface area contributed by atoms with Crippen molar-refractivity contribution in [3.05, 3.63) is 77.1 Å². The number of aryl methyl sites for hydroxylation is 1. The summed E-state index contributed by atoms with van der Waals surface area (Å²) >= 11 is 0. The van der Waals surface area contributed by atoms with E-state index in [1.807, 2.05) is 43.3 Å². The highest BCUT2D eigenvalue weighted by Crippen LogP contribution is 2.28. The summed E-state index contributed by atoms with van der Waals surface area (Å²) in [6.45, 7) is 7.85. The van der Waals surface area contributed by atoms with Gasteiger partial charge in [0.25, 0.3) is 5.91 Å². The summed E-state index contributed by atoms with van der Waals surface area (Å²) < 4.78 is 16.0. The third kappa shape index (κ3) is 7.46. The molecule has 3 rings (SSSR count). The van der Waals surface area contributed by atoms with Gasteiger partial charge in [-0.1, -0.05) is 6.07 Å². The number of rotatable bonds is 8. The van der Waals surface area contributed by atoms with Crippen molar-refractivity contribution in [1.29, 1.82) is 0 Å². The molecule has 1 heterocycles. The SMILES string of the molecule is COc1ccc(CNC(=O)c2cc(CNC(=O)OC(C)(C)C)cc(-c3ccnc(C)c3)c2)cc1OC. The molecule has 3 aromatic rings. The largest absolute Gasteiger partial charge is 0.493 e. The number of alkyl carbamates (subject to hydrolysis) is 1. The molecule has 190 valence electrons. The van der Waals surface area contributed by atoms with E-state index in [0.717, 1.165) is 27.9 Å². The van der Waals surface area contributed by atoms with Crippen molar-refractivity contribution in [3.63, 3.8) is 0 Å². The van der Waals surface area contributed by atoms with Gasteiger partial charge in [-0.05, 0) is 92.4 Å². The molecule has 0 radical (unpaired) electrons. The smallest absolute Gasteiger partial charge is 0.407 e. The van der Waals surface area contributed by atoms with E-state index < -0.39 is 11.7 Å². The van der Waals surface area contributed by atoms with Crippen LogP contribution in [0.1, 0.15) is 48.0 Å². The summed E-state index contributed by atoms with van der Waals surface area (Å²) in [6.07, 6.45) is 1.21. The third-order valence-electron chi connectivity index (χ3n) is 5.22. The second kappa shape index (κ2) is 11.6. The van der Waals surface area contributed by atoms with E-state index in [0.29, 0.717) is 23.6 Å². The zero-order valence-electron chi connectivity index (χ0n) is 21.6. The Kier molecular flexibility index (Phi) is 8.53. The lowest BCUT2D eigenvalue weighted by Gasteiger charge is -2.20. The van der Waals surface area contributed by atoms with E-state index in [1.165, 1.54) is 0 Å². The molecule has 0 saturated carbocycles. The van der Waals surface area contributed by atoms with Gasteiger partial charge >= 0.3 is 6.09 Å². The number of aromatic nitrogens is 1. The first-order valence-electron chi connectivity index (χ1n) is 11.6. The van der Waals surface area contributed by atoms with Gasteiger partial charge in [-0.15, -0.1) is 0 Å². The Morgan fingerprint density at radius 3 is 2.22 bits per heavy atom. The van der Waals surface area contributed by atoms with E-state index in [9.17, 15) is 9.59 Å². The molecule has 2 aromatic carbocycles. The third-order valence-corrected chi connectivity index (χ3v) is 5.22. The van der Waals surface area contributed by atoms with E-state index >= 15 is 0 Å². The fraction of sp³-hybridized carbons (Fsp3) is 0.321. The number of carbonyl (C=O) groups is 2. The second-order valence-electron chi connectivity index (χ2n) is 9.33. The first-order valence-corrected chi connectivity index (χ1v) is 11.6. The molecule has 36 heavy (non-hydrogen) atoms. The van der Waals surface area contributed by atoms with E-state index in [-0.39, 0.29) is 12.5 Å². The van der Waals surface area contributed by atoms with Crippen LogP contribution >= 0.6 is 0 Å². The molecule has 0 aliphatic rings. The van der Waals surface area contributed by atoms with Crippen LogP contribution in [0.15, 0.2) is 54.7 Å². The molecule has 0 unspecified atom stereocenters. The fourth-order valence-corrected chi connectivity index (χ4v) is 3.58. The van der Waals surface area contributed by atoms with Crippen LogP contribution in [0.2, 0.25) is 0 Å². The van der Waals surface area contributed by atoms with Gasteiger partial charge in [-0.2, -0.15) is 0 Å². The normalized spacial score (nSPS) is 10.9. The molecular formula is C28H33N3O5. The number of benzene rings is 2. The summed E-state index contributed by atoms with van der Waals surface area (Å²) in [4.78, 5) is 29.6. The highest BCUT2D eigenvalue weighted by Gasteiger charge is 2.17. The maximum Gasteiger partial charge on any atom is 0.407 e. The Bertz CT molecular complexity index is 1230. The quantitative estimate of drug-likeness (QED) is 0.459. The Morgan fingerprint density at radius 2 is 1.56 bits per heavy atom. The lowest BCUT2D eigenvalue weighted by Crippen LogP contribution is -2.32. The molecule has 0 fully saturated rings. The number of nitrogens with one attached hydrogen (secondary N) is 2. The van der Waals surface area contributed by atoms with Gasteiger partial charge in [0.1, 0.15) is 5.60 Å². The van der Waals surface area contributed by atoms with Crippen LogP contribution in [0.4, 0.5) is 4.79 Å². The predicted molar refractivity (Wildman–Crippen MR) is 138 cm³/mol. The van der Waals surface area contributed by atoms with Crippen LogP contribution in [0, 0.1) is 6.92 Å². The number of hydrogen-bond donors (Lipinski definition) is 2. The van der Waals surface area contributed by atoms with E-state index in [4.69, 9.17) is 14.2 Å². The van der Waals surface area contributed by atoms with Crippen LogP contribution in [0.25, 0.3) is 11.1 Å². The second-order valence-corrected chi connectivity index (χ2v) is 9.33.